The van der Waals surface area contributed by atoms with E-state index in [4.69, 9.17) is 15.1 Å². The zero-order valence-electron chi connectivity index (χ0n) is 33.9. The summed E-state index contributed by atoms with van der Waals surface area (Å²) in [5, 5.41) is 9.60. The van der Waals surface area contributed by atoms with Gasteiger partial charge in [-0.3, -0.25) is 4.57 Å². The molecule has 63 heavy (non-hydrogen) atoms. The zero-order chi connectivity index (χ0) is 41.2. The number of nitrogens with zero attached hydrogens (tertiary/aromatic N) is 5. The predicted molar refractivity (Wildman–Crippen MR) is 256 cm³/mol. The molecule has 0 fully saturated rings. The minimum Gasteiger partial charge on any atom is -0.278 e. The van der Waals surface area contributed by atoms with Gasteiger partial charge in [0, 0.05) is 16.3 Å². The molecule has 0 radical (unpaired) electrons. The molecule has 0 atom stereocenters. The van der Waals surface area contributed by atoms with E-state index in [1.165, 1.54) is 66.2 Å². The Labute approximate surface area is 362 Å². The first-order chi connectivity index (χ1) is 31.3. The second-order valence-corrected chi connectivity index (χ2v) is 16.8. The third-order valence-corrected chi connectivity index (χ3v) is 13.6. The van der Waals surface area contributed by atoms with Crippen molar-refractivity contribution in [2.75, 3.05) is 0 Å². The largest absolute Gasteiger partial charge is 0.278 e. The summed E-state index contributed by atoms with van der Waals surface area (Å²) < 4.78 is 4.20. The van der Waals surface area contributed by atoms with Crippen LogP contribution in [-0.2, 0) is 5.41 Å². The van der Waals surface area contributed by atoms with Crippen molar-refractivity contribution in [1.29, 1.82) is 0 Å². The Bertz CT molecular complexity index is 3800. The molecular weight excluding hydrogens is 767 g/mol. The Balaban J connectivity index is 1.02. The SMILES string of the molecule is c1ccc(-c2nc(-n3c4ccc(-c5ccc6c(c5)C5(c7ccccc7-c7ccccc75)c5ccccc5-6)cc4c4c5ccccc5ccc43)nc3cnn(-c4ccccc4)c23)cc1. The van der Waals surface area contributed by atoms with Crippen molar-refractivity contribution in [1.82, 2.24) is 24.3 Å². The van der Waals surface area contributed by atoms with Crippen LogP contribution in [0.4, 0.5) is 0 Å². The molecular formula is C58H35N5. The van der Waals surface area contributed by atoms with Gasteiger partial charge in [-0.15, -0.1) is 0 Å². The van der Waals surface area contributed by atoms with Crippen LogP contribution in [0.25, 0.3) is 99.9 Å². The van der Waals surface area contributed by atoms with Crippen LogP contribution in [-0.4, -0.2) is 24.3 Å². The summed E-state index contributed by atoms with van der Waals surface area (Å²) in [5.41, 5.74) is 19.1. The van der Waals surface area contributed by atoms with Crippen molar-refractivity contribution in [3.63, 3.8) is 0 Å². The van der Waals surface area contributed by atoms with Crippen molar-refractivity contribution in [2.24, 2.45) is 0 Å². The first-order valence-corrected chi connectivity index (χ1v) is 21.5. The van der Waals surface area contributed by atoms with E-state index in [0.29, 0.717) is 5.95 Å². The lowest BCUT2D eigenvalue weighted by Crippen LogP contribution is -2.25. The van der Waals surface area contributed by atoms with Crippen LogP contribution in [0.5, 0.6) is 0 Å². The lowest BCUT2D eigenvalue weighted by atomic mass is 9.70. The molecule has 0 aliphatic heterocycles. The highest BCUT2D eigenvalue weighted by Crippen LogP contribution is 2.63. The second kappa shape index (κ2) is 12.8. The molecule has 0 bridgehead atoms. The van der Waals surface area contributed by atoms with Crippen LogP contribution >= 0.6 is 0 Å². The molecule has 9 aromatic carbocycles. The number of benzene rings is 9. The minimum atomic E-state index is -0.411. The van der Waals surface area contributed by atoms with Crippen molar-refractivity contribution in [2.45, 2.75) is 5.41 Å². The van der Waals surface area contributed by atoms with Gasteiger partial charge < -0.3 is 0 Å². The Morgan fingerprint density at radius 1 is 0.413 bits per heavy atom. The van der Waals surface area contributed by atoms with E-state index in [9.17, 15) is 0 Å². The van der Waals surface area contributed by atoms with Crippen LogP contribution in [0, 0.1) is 0 Å². The van der Waals surface area contributed by atoms with Crippen LogP contribution in [0.15, 0.2) is 212 Å². The van der Waals surface area contributed by atoms with Crippen molar-refractivity contribution < 1.29 is 0 Å². The second-order valence-electron chi connectivity index (χ2n) is 16.8. The normalized spacial score (nSPS) is 13.2. The molecule has 2 aliphatic rings. The number of aromatic nitrogens is 5. The molecule has 5 nitrogen and oxygen atoms in total. The molecule has 0 saturated carbocycles. The maximum Gasteiger partial charge on any atom is 0.235 e. The quantitative estimate of drug-likeness (QED) is 0.178. The van der Waals surface area contributed by atoms with E-state index < -0.39 is 5.41 Å². The third-order valence-electron chi connectivity index (χ3n) is 13.6. The summed E-state index contributed by atoms with van der Waals surface area (Å²) in [7, 11) is 0. The average molecular weight is 802 g/mol. The minimum absolute atomic E-state index is 0.411. The van der Waals surface area contributed by atoms with Gasteiger partial charge >= 0.3 is 0 Å². The molecule has 292 valence electrons. The lowest BCUT2D eigenvalue weighted by Gasteiger charge is -2.30. The highest BCUT2D eigenvalue weighted by Gasteiger charge is 2.51. The van der Waals surface area contributed by atoms with E-state index in [0.717, 1.165) is 50.0 Å². The van der Waals surface area contributed by atoms with Gasteiger partial charge in [0.05, 0.1) is 28.3 Å². The van der Waals surface area contributed by atoms with Gasteiger partial charge in [-0.25, -0.2) is 14.6 Å². The summed E-state index contributed by atoms with van der Waals surface area (Å²) in [6.45, 7) is 0. The first-order valence-electron chi connectivity index (χ1n) is 21.5. The monoisotopic (exact) mass is 801 g/mol. The fourth-order valence-corrected chi connectivity index (χ4v) is 11.1. The standard InChI is InChI=1S/C58H35N5/c1-3-16-37(17-4-1)55-56-51(35-59-63(56)40-18-5-2-6-19-40)60-57(61-55)62-52-31-29-38(33-46(52)54-41-20-8-7-15-36(41)28-32-53(54)62)39-27-30-45-44-23-11-14-26-49(44)58(50(45)34-39)47-24-12-9-21-42(47)43-22-10-13-25-48(43)58/h1-35H. The summed E-state index contributed by atoms with van der Waals surface area (Å²) >= 11 is 0. The van der Waals surface area contributed by atoms with Crippen LogP contribution in [0.3, 0.4) is 0 Å². The number of hydrogen-bond donors (Lipinski definition) is 0. The Kier molecular flexibility index (Phi) is 6.97. The maximum absolute atomic E-state index is 5.46. The molecule has 14 rings (SSSR count). The molecule has 0 saturated heterocycles. The van der Waals surface area contributed by atoms with Crippen molar-refractivity contribution in [3.05, 3.63) is 235 Å². The number of rotatable bonds is 4. The molecule has 3 heterocycles. The van der Waals surface area contributed by atoms with Gasteiger partial charge in [-0.05, 0) is 103 Å². The van der Waals surface area contributed by atoms with Gasteiger partial charge in [-0.1, -0.05) is 170 Å². The van der Waals surface area contributed by atoms with Gasteiger partial charge in [0.15, 0.2) is 0 Å². The van der Waals surface area contributed by atoms with Gasteiger partial charge in [0.2, 0.25) is 5.95 Å². The summed E-state index contributed by atoms with van der Waals surface area (Å²) in [4.78, 5) is 10.8. The molecule has 2 aliphatic carbocycles. The maximum atomic E-state index is 5.46. The smallest absolute Gasteiger partial charge is 0.235 e. The zero-order valence-corrected chi connectivity index (χ0v) is 33.9. The Morgan fingerprint density at radius 3 is 1.73 bits per heavy atom. The van der Waals surface area contributed by atoms with E-state index in [-0.39, 0.29) is 0 Å². The summed E-state index contributed by atoms with van der Waals surface area (Å²) in [6, 6.07) is 74.8. The van der Waals surface area contributed by atoms with Gasteiger partial charge in [0.25, 0.3) is 0 Å². The topological polar surface area (TPSA) is 48.5 Å². The first kappa shape index (κ1) is 34.3. The number of para-hydroxylation sites is 1. The molecule has 0 unspecified atom stereocenters. The lowest BCUT2D eigenvalue weighted by molar-refractivity contribution is 0.794. The van der Waals surface area contributed by atoms with E-state index in [2.05, 4.69) is 187 Å². The molecule has 3 aromatic heterocycles. The molecule has 0 N–H and O–H groups in total. The summed E-state index contributed by atoms with van der Waals surface area (Å²) in [6.07, 6.45) is 1.86. The van der Waals surface area contributed by atoms with Crippen LogP contribution < -0.4 is 0 Å². The van der Waals surface area contributed by atoms with Crippen LogP contribution in [0.1, 0.15) is 22.3 Å². The number of hydrogen-bond acceptors (Lipinski definition) is 3. The predicted octanol–water partition coefficient (Wildman–Crippen LogP) is 13.7. The fourth-order valence-electron chi connectivity index (χ4n) is 11.1. The van der Waals surface area contributed by atoms with E-state index in [1.807, 2.05) is 35.1 Å². The molecule has 0 amide bonds. The van der Waals surface area contributed by atoms with Gasteiger partial charge in [-0.2, -0.15) is 5.10 Å². The highest BCUT2D eigenvalue weighted by atomic mass is 15.3. The number of fused-ring (bicyclic) bond motifs is 16. The molecule has 12 aromatic rings. The molecule has 5 heteroatoms. The Morgan fingerprint density at radius 2 is 1.00 bits per heavy atom. The Hall–Kier alpha value is -8.41. The highest BCUT2D eigenvalue weighted by molar-refractivity contribution is 6.22. The van der Waals surface area contributed by atoms with E-state index in [1.54, 1.807) is 0 Å². The summed E-state index contributed by atoms with van der Waals surface area (Å²) in [5.74, 6) is 0.604. The van der Waals surface area contributed by atoms with Crippen molar-refractivity contribution >= 4 is 43.6 Å². The van der Waals surface area contributed by atoms with Crippen molar-refractivity contribution in [3.8, 4) is 56.3 Å². The van der Waals surface area contributed by atoms with Gasteiger partial charge in [0.1, 0.15) is 16.7 Å². The van der Waals surface area contributed by atoms with E-state index >= 15 is 0 Å². The fraction of sp³-hybridized carbons (Fsp3) is 0.0172. The molecule has 1 spiro atoms. The average Bonchev–Trinajstić information content (AvgIpc) is 4.10. The third kappa shape index (κ3) is 4.63. The van der Waals surface area contributed by atoms with Crippen LogP contribution in [0.2, 0.25) is 0 Å².